The summed E-state index contributed by atoms with van der Waals surface area (Å²) in [4.78, 5) is 0. The van der Waals surface area contributed by atoms with Gasteiger partial charge in [0.1, 0.15) is 0 Å². The van der Waals surface area contributed by atoms with Gasteiger partial charge in [0.05, 0.1) is 16.8 Å². The van der Waals surface area contributed by atoms with Crippen molar-refractivity contribution in [3.8, 4) is 11.6 Å². The van der Waals surface area contributed by atoms with Gasteiger partial charge in [-0.2, -0.15) is 0 Å². The van der Waals surface area contributed by atoms with E-state index in [4.69, 9.17) is 9.05 Å². The van der Waals surface area contributed by atoms with Crippen LogP contribution in [0.4, 0.5) is 0 Å². The quantitative estimate of drug-likeness (QED) is 0.558. The zero-order valence-corrected chi connectivity index (χ0v) is 15.7. The van der Waals surface area contributed by atoms with Crippen LogP contribution in [0.5, 0.6) is 5.88 Å². The second-order valence-electron chi connectivity index (χ2n) is 4.35. The molecule has 22 heavy (non-hydrogen) atoms. The zero-order chi connectivity index (χ0) is 16.0. The van der Waals surface area contributed by atoms with Gasteiger partial charge in [0, 0.05) is 11.9 Å². The third-order valence-electron chi connectivity index (χ3n) is 2.60. The number of hydrogen-bond donors (Lipinski definition) is 0. The summed E-state index contributed by atoms with van der Waals surface area (Å²) in [7, 11) is 0. The molecular weight excluding hydrogens is 387 g/mol. The van der Waals surface area contributed by atoms with Crippen LogP contribution in [0.1, 0.15) is 20.3 Å². The molecule has 2 aromatic rings. The Bertz CT molecular complexity index is 651. The molecule has 0 aliphatic rings. The SMILES string of the molecule is CCCSP(=O)(OCC)Oc1nn(-c2ccccc2)cc1Br. The first kappa shape index (κ1) is 17.6. The van der Waals surface area contributed by atoms with Crippen LogP contribution in [0.15, 0.2) is 41.0 Å². The Morgan fingerprint density at radius 3 is 2.68 bits per heavy atom. The Kier molecular flexibility index (Phi) is 6.56. The summed E-state index contributed by atoms with van der Waals surface area (Å²) in [6.45, 7) is 0.881. The van der Waals surface area contributed by atoms with E-state index in [9.17, 15) is 4.57 Å². The van der Waals surface area contributed by atoms with E-state index in [2.05, 4.69) is 21.0 Å². The molecule has 0 spiro atoms. The minimum atomic E-state index is -3.25. The summed E-state index contributed by atoms with van der Waals surface area (Å²) in [6, 6.07) is 9.64. The third-order valence-corrected chi connectivity index (χ3v) is 7.06. The molecule has 0 radical (unpaired) electrons. The van der Waals surface area contributed by atoms with Crippen molar-refractivity contribution in [2.75, 3.05) is 12.4 Å². The molecule has 2 rings (SSSR count). The van der Waals surface area contributed by atoms with E-state index in [1.54, 1.807) is 17.8 Å². The van der Waals surface area contributed by atoms with Gasteiger partial charge in [-0.05, 0) is 52.8 Å². The average Bonchev–Trinajstić information content (AvgIpc) is 2.87. The normalized spacial score (nSPS) is 13.8. The molecular formula is C14H18BrN2O3PS. The molecule has 8 heteroatoms. The summed E-state index contributed by atoms with van der Waals surface area (Å²) in [5, 5.41) is 4.34. The highest BCUT2D eigenvalue weighted by Gasteiger charge is 2.29. The number of hydrogen-bond acceptors (Lipinski definition) is 5. The minimum absolute atomic E-state index is 0.268. The number of halogens is 1. The molecule has 0 bridgehead atoms. The molecule has 120 valence electrons. The van der Waals surface area contributed by atoms with Gasteiger partial charge < -0.3 is 4.52 Å². The van der Waals surface area contributed by atoms with Crippen LogP contribution in [0.2, 0.25) is 0 Å². The Balaban J connectivity index is 2.21. The van der Waals surface area contributed by atoms with Crippen LogP contribution in [0.3, 0.4) is 0 Å². The molecule has 0 saturated heterocycles. The first-order chi connectivity index (χ1) is 10.6. The van der Waals surface area contributed by atoms with Crippen LogP contribution < -0.4 is 4.52 Å². The maximum absolute atomic E-state index is 12.7. The number of rotatable bonds is 8. The monoisotopic (exact) mass is 404 g/mol. The van der Waals surface area contributed by atoms with Gasteiger partial charge in [0.2, 0.25) is 0 Å². The molecule has 1 heterocycles. The van der Waals surface area contributed by atoms with Crippen molar-refractivity contribution in [2.24, 2.45) is 0 Å². The Morgan fingerprint density at radius 2 is 2.05 bits per heavy atom. The molecule has 1 aromatic heterocycles. The minimum Gasteiger partial charge on any atom is -0.396 e. The van der Waals surface area contributed by atoms with Crippen LogP contribution in [0.25, 0.3) is 5.69 Å². The first-order valence-electron chi connectivity index (χ1n) is 6.97. The van der Waals surface area contributed by atoms with E-state index < -0.39 is 6.80 Å². The highest BCUT2D eigenvalue weighted by atomic mass is 79.9. The van der Waals surface area contributed by atoms with Gasteiger partial charge in [-0.3, -0.25) is 4.52 Å². The summed E-state index contributed by atoms with van der Waals surface area (Å²) in [5.74, 6) is 0.970. The molecule has 0 saturated carbocycles. The van der Waals surface area contributed by atoms with E-state index in [1.807, 2.05) is 37.3 Å². The van der Waals surface area contributed by atoms with Crippen molar-refractivity contribution < 1.29 is 13.6 Å². The lowest BCUT2D eigenvalue weighted by atomic mass is 10.3. The molecule has 0 aliphatic heterocycles. The molecule has 0 fully saturated rings. The maximum atomic E-state index is 12.7. The summed E-state index contributed by atoms with van der Waals surface area (Å²) < 4.78 is 25.9. The van der Waals surface area contributed by atoms with Gasteiger partial charge >= 0.3 is 6.80 Å². The van der Waals surface area contributed by atoms with Crippen LogP contribution >= 0.6 is 34.1 Å². The fraction of sp³-hybridized carbons (Fsp3) is 0.357. The highest BCUT2D eigenvalue weighted by Crippen LogP contribution is 2.60. The predicted molar refractivity (Wildman–Crippen MR) is 93.9 cm³/mol. The van der Waals surface area contributed by atoms with Crippen molar-refractivity contribution in [3.63, 3.8) is 0 Å². The average molecular weight is 405 g/mol. The van der Waals surface area contributed by atoms with Crippen molar-refractivity contribution in [3.05, 3.63) is 41.0 Å². The van der Waals surface area contributed by atoms with Crippen molar-refractivity contribution in [1.82, 2.24) is 9.78 Å². The largest absolute Gasteiger partial charge is 0.441 e. The molecule has 0 amide bonds. The van der Waals surface area contributed by atoms with Gasteiger partial charge in [-0.15, -0.1) is 5.10 Å². The van der Waals surface area contributed by atoms with Crippen LogP contribution in [-0.4, -0.2) is 22.1 Å². The maximum Gasteiger partial charge on any atom is 0.441 e. The second kappa shape index (κ2) is 8.20. The van der Waals surface area contributed by atoms with Crippen molar-refractivity contribution >= 4 is 34.1 Å². The van der Waals surface area contributed by atoms with Gasteiger partial charge in [-0.1, -0.05) is 25.1 Å². The van der Waals surface area contributed by atoms with E-state index in [0.29, 0.717) is 16.8 Å². The summed E-state index contributed by atoms with van der Waals surface area (Å²) in [5.41, 5.74) is 0.894. The van der Waals surface area contributed by atoms with Gasteiger partial charge in [0.25, 0.3) is 5.88 Å². The van der Waals surface area contributed by atoms with Crippen molar-refractivity contribution in [1.29, 1.82) is 0 Å². The first-order valence-corrected chi connectivity index (χ1v) is 10.9. The topological polar surface area (TPSA) is 53.4 Å². The number of benzene rings is 1. The van der Waals surface area contributed by atoms with E-state index in [1.165, 1.54) is 11.4 Å². The Labute approximate surface area is 142 Å². The molecule has 0 aliphatic carbocycles. The molecule has 1 aromatic carbocycles. The van der Waals surface area contributed by atoms with E-state index in [-0.39, 0.29) is 5.88 Å². The molecule has 1 atom stereocenters. The van der Waals surface area contributed by atoms with Crippen molar-refractivity contribution in [2.45, 2.75) is 20.3 Å². The summed E-state index contributed by atoms with van der Waals surface area (Å²) >= 11 is 4.59. The van der Waals surface area contributed by atoms with E-state index >= 15 is 0 Å². The van der Waals surface area contributed by atoms with Gasteiger partial charge in [-0.25, -0.2) is 9.25 Å². The van der Waals surface area contributed by atoms with Gasteiger partial charge in [0.15, 0.2) is 0 Å². The van der Waals surface area contributed by atoms with Crippen LogP contribution in [0, 0.1) is 0 Å². The molecule has 5 nitrogen and oxygen atoms in total. The number of para-hydroxylation sites is 1. The highest BCUT2D eigenvalue weighted by molar-refractivity contribution is 9.10. The summed E-state index contributed by atoms with van der Waals surface area (Å²) in [6.07, 6.45) is 2.66. The van der Waals surface area contributed by atoms with Crippen LogP contribution in [-0.2, 0) is 9.09 Å². The second-order valence-corrected chi connectivity index (χ2v) is 9.32. The third kappa shape index (κ3) is 4.62. The standard InChI is InChI=1S/C14H18BrN2O3PS/c1-3-10-22-21(18,19-4-2)20-14-13(15)11-17(16-14)12-8-6-5-7-9-12/h5-9,11H,3-4,10H2,1-2H3. The smallest absolute Gasteiger partial charge is 0.396 e. The number of nitrogens with zero attached hydrogens (tertiary/aromatic N) is 2. The lowest BCUT2D eigenvalue weighted by Gasteiger charge is -2.15. The lowest BCUT2D eigenvalue weighted by molar-refractivity contribution is 0.293. The molecule has 0 N–H and O–H groups in total. The fourth-order valence-corrected chi connectivity index (χ4v) is 5.53. The number of aromatic nitrogens is 2. The fourth-order valence-electron chi connectivity index (χ4n) is 1.67. The zero-order valence-electron chi connectivity index (χ0n) is 12.4. The Morgan fingerprint density at radius 1 is 1.32 bits per heavy atom. The predicted octanol–water partition coefficient (Wildman–Crippen LogP) is 5.30. The molecule has 1 unspecified atom stereocenters. The lowest BCUT2D eigenvalue weighted by Crippen LogP contribution is -1.98. The Hall–Kier alpha value is -0.750. The van der Waals surface area contributed by atoms with E-state index in [0.717, 1.165) is 12.1 Å².